The van der Waals surface area contributed by atoms with Crippen molar-refractivity contribution in [3.63, 3.8) is 0 Å². The van der Waals surface area contributed by atoms with Crippen molar-refractivity contribution in [3.05, 3.63) is 46.0 Å². The Morgan fingerprint density at radius 1 is 1.22 bits per heavy atom. The van der Waals surface area contributed by atoms with E-state index >= 15 is 0 Å². The van der Waals surface area contributed by atoms with Crippen LogP contribution in [0.4, 0.5) is 0 Å². The van der Waals surface area contributed by atoms with E-state index in [0.717, 1.165) is 11.8 Å². The molecule has 0 amide bonds. The smallest absolute Gasteiger partial charge is 0.0404 e. The number of benzene rings is 1. The van der Waals surface area contributed by atoms with Gasteiger partial charge in [0.2, 0.25) is 0 Å². The molecule has 1 heteroatoms. The van der Waals surface area contributed by atoms with E-state index in [0.29, 0.717) is 4.83 Å². The average molecular weight is 434 g/mol. The summed E-state index contributed by atoms with van der Waals surface area (Å²) in [6.45, 7) is 19.5. The lowest BCUT2D eigenvalue weighted by atomic mass is 9.92. The third-order valence-electron chi connectivity index (χ3n) is 5.40. The maximum absolute atomic E-state index is 4.00. The standard InChI is InChI=1S/C18H21Br.C5H12.C3H8/c1-4-13-10-15-7-8-17(19)18(15)12(3)16(13)9-11(2)14-5-6-14;1-4-5(2)3;1-3-2/h4,9-10,14,17H,1,5-8H2,2-3H3;5H,4H2,1-3H3;3H2,1-2H3/b11-9+;;. The summed E-state index contributed by atoms with van der Waals surface area (Å²) in [6.07, 6.45) is 12.1. The first-order valence-corrected chi connectivity index (χ1v) is 11.8. The van der Waals surface area contributed by atoms with Crippen LogP contribution in [0.15, 0.2) is 18.2 Å². The van der Waals surface area contributed by atoms with Crippen LogP contribution in [0.25, 0.3) is 12.2 Å². The first-order chi connectivity index (χ1) is 12.8. The third-order valence-corrected chi connectivity index (χ3v) is 6.32. The SMILES string of the molecule is C=Cc1cc2c(c(C)c1/C=C(\C)C1CC1)C(Br)CC2.CCC.CCC(C)C. The van der Waals surface area contributed by atoms with Gasteiger partial charge < -0.3 is 0 Å². The molecule has 0 spiro atoms. The van der Waals surface area contributed by atoms with E-state index in [-0.39, 0.29) is 0 Å². The minimum Gasteiger partial charge on any atom is -0.0984 e. The second-order valence-electron chi connectivity index (χ2n) is 8.46. The van der Waals surface area contributed by atoms with Gasteiger partial charge in [0.1, 0.15) is 0 Å². The van der Waals surface area contributed by atoms with Crippen LogP contribution in [-0.2, 0) is 6.42 Å². The van der Waals surface area contributed by atoms with Crippen LogP contribution in [0.1, 0.15) is 106 Å². The summed E-state index contributed by atoms with van der Waals surface area (Å²) in [5.41, 5.74) is 8.72. The van der Waals surface area contributed by atoms with Gasteiger partial charge in [0.15, 0.2) is 0 Å². The molecule has 27 heavy (non-hydrogen) atoms. The molecule has 1 fully saturated rings. The largest absolute Gasteiger partial charge is 0.0984 e. The maximum atomic E-state index is 4.00. The highest BCUT2D eigenvalue weighted by atomic mass is 79.9. The van der Waals surface area contributed by atoms with Gasteiger partial charge in [-0.25, -0.2) is 0 Å². The zero-order valence-electron chi connectivity index (χ0n) is 18.8. The topological polar surface area (TPSA) is 0 Å². The fraction of sp³-hybridized carbons (Fsp3) is 0.615. The summed E-state index contributed by atoms with van der Waals surface area (Å²) in [5, 5.41) is 0. The van der Waals surface area contributed by atoms with Gasteiger partial charge in [-0.1, -0.05) is 93.8 Å². The van der Waals surface area contributed by atoms with E-state index in [1.165, 1.54) is 71.9 Å². The Kier molecular flexibility index (Phi) is 10.7. The molecule has 1 aromatic rings. The predicted octanol–water partition coefficient (Wildman–Crippen LogP) is 9.30. The first-order valence-electron chi connectivity index (χ1n) is 10.9. The molecule has 0 N–H and O–H groups in total. The molecule has 1 atom stereocenters. The van der Waals surface area contributed by atoms with Crippen LogP contribution >= 0.6 is 15.9 Å². The lowest BCUT2D eigenvalue weighted by Gasteiger charge is -2.15. The highest BCUT2D eigenvalue weighted by Crippen LogP contribution is 2.43. The molecule has 0 radical (unpaired) electrons. The molecule has 0 nitrogen and oxygen atoms in total. The molecule has 2 aliphatic carbocycles. The minimum atomic E-state index is 0.537. The van der Waals surface area contributed by atoms with Crippen LogP contribution in [0.2, 0.25) is 0 Å². The van der Waals surface area contributed by atoms with E-state index in [1.54, 1.807) is 0 Å². The molecule has 0 heterocycles. The van der Waals surface area contributed by atoms with Gasteiger partial charge in [-0.15, -0.1) is 0 Å². The summed E-state index contributed by atoms with van der Waals surface area (Å²) in [5.74, 6) is 1.72. The Bertz CT molecular complexity index is 632. The zero-order valence-corrected chi connectivity index (χ0v) is 20.4. The van der Waals surface area contributed by atoms with Gasteiger partial charge in [0.25, 0.3) is 0 Å². The van der Waals surface area contributed by atoms with Gasteiger partial charge in [0, 0.05) is 4.83 Å². The molecular formula is C26H41Br. The van der Waals surface area contributed by atoms with E-state index in [1.807, 2.05) is 6.08 Å². The minimum absolute atomic E-state index is 0.537. The Balaban J connectivity index is 0.000000390. The van der Waals surface area contributed by atoms with Crippen molar-refractivity contribution in [3.8, 4) is 0 Å². The van der Waals surface area contributed by atoms with E-state index < -0.39 is 0 Å². The Morgan fingerprint density at radius 2 is 1.78 bits per heavy atom. The van der Waals surface area contributed by atoms with Crippen molar-refractivity contribution < 1.29 is 0 Å². The van der Waals surface area contributed by atoms with Crippen molar-refractivity contribution in [1.82, 2.24) is 0 Å². The second-order valence-corrected chi connectivity index (χ2v) is 9.56. The van der Waals surface area contributed by atoms with Gasteiger partial charge >= 0.3 is 0 Å². The fourth-order valence-corrected chi connectivity index (χ4v) is 4.13. The number of fused-ring (bicyclic) bond motifs is 1. The van der Waals surface area contributed by atoms with Crippen LogP contribution in [-0.4, -0.2) is 0 Å². The van der Waals surface area contributed by atoms with Crippen molar-refractivity contribution in [1.29, 1.82) is 0 Å². The number of alkyl halides is 1. The van der Waals surface area contributed by atoms with Crippen molar-refractivity contribution >= 4 is 28.1 Å². The van der Waals surface area contributed by atoms with Gasteiger partial charge in [0.05, 0.1) is 0 Å². The molecule has 1 saturated carbocycles. The monoisotopic (exact) mass is 432 g/mol. The molecule has 0 bridgehead atoms. The molecular weight excluding hydrogens is 392 g/mol. The van der Waals surface area contributed by atoms with Crippen LogP contribution < -0.4 is 0 Å². The zero-order chi connectivity index (χ0) is 20.6. The second kappa shape index (κ2) is 11.9. The Morgan fingerprint density at radius 3 is 2.22 bits per heavy atom. The molecule has 0 aliphatic heterocycles. The highest BCUT2D eigenvalue weighted by molar-refractivity contribution is 9.09. The van der Waals surface area contributed by atoms with E-state index in [9.17, 15) is 0 Å². The van der Waals surface area contributed by atoms with Gasteiger partial charge in [-0.3, -0.25) is 0 Å². The number of rotatable bonds is 4. The van der Waals surface area contributed by atoms with Crippen LogP contribution in [0.3, 0.4) is 0 Å². The summed E-state index contributed by atoms with van der Waals surface area (Å²) in [6, 6.07) is 2.35. The number of hydrogen-bond donors (Lipinski definition) is 0. The quantitative estimate of drug-likeness (QED) is 0.415. The lowest BCUT2D eigenvalue weighted by Crippen LogP contribution is -1.97. The van der Waals surface area contributed by atoms with Gasteiger partial charge in [-0.2, -0.15) is 0 Å². The number of halogens is 1. The Labute approximate surface area is 177 Å². The van der Waals surface area contributed by atoms with Crippen molar-refractivity contribution in [2.75, 3.05) is 0 Å². The molecule has 2 aliphatic rings. The van der Waals surface area contributed by atoms with Crippen molar-refractivity contribution in [2.24, 2.45) is 11.8 Å². The molecule has 1 unspecified atom stereocenters. The fourth-order valence-electron chi connectivity index (χ4n) is 3.26. The van der Waals surface area contributed by atoms with E-state index in [2.05, 4.69) is 83.1 Å². The molecule has 152 valence electrons. The normalized spacial score (nSPS) is 18.3. The summed E-state index contributed by atoms with van der Waals surface area (Å²) >= 11 is 3.83. The first kappa shape index (κ1) is 24.2. The summed E-state index contributed by atoms with van der Waals surface area (Å²) < 4.78 is 0. The molecule has 1 aromatic carbocycles. The Hall–Kier alpha value is -0.820. The van der Waals surface area contributed by atoms with Gasteiger partial charge in [-0.05, 0) is 79.2 Å². The summed E-state index contributed by atoms with van der Waals surface area (Å²) in [4.78, 5) is 0.537. The lowest BCUT2D eigenvalue weighted by molar-refractivity contribution is 0.626. The molecule has 0 saturated heterocycles. The molecule has 0 aromatic heterocycles. The number of hydrogen-bond acceptors (Lipinski definition) is 0. The summed E-state index contributed by atoms with van der Waals surface area (Å²) in [7, 11) is 0. The third kappa shape index (κ3) is 7.26. The van der Waals surface area contributed by atoms with E-state index in [4.69, 9.17) is 0 Å². The van der Waals surface area contributed by atoms with Crippen LogP contribution in [0.5, 0.6) is 0 Å². The molecule has 3 rings (SSSR count). The average Bonchev–Trinajstić information content (AvgIpc) is 3.42. The van der Waals surface area contributed by atoms with Crippen LogP contribution in [0, 0.1) is 18.8 Å². The highest BCUT2D eigenvalue weighted by Gasteiger charge is 2.26. The number of aryl methyl sites for hydroxylation is 1. The number of allylic oxidation sites excluding steroid dienone is 1. The van der Waals surface area contributed by atoms with Crippen molar-refractivity contribution in [2.45, 2.75) is 91.8 Å². The maximum Gasteiger partial charge on any atom is 0.0404 e. The predicted molar refractivity (Wildman–Crippen MR) is 129 cm³/mol.